The van der Waals surface area contributed by atoms with E-state index >= 15 is 0 Å². The van der Waals surface area contributed by atoms with E-state index in [2.05, 4.69) is 20.8 Å². The van der Waals surface area contributed by atoms with Crippen molar-refractivity contribution in [3.63, 3.8) is 0 Å². The molecule has 1 unspecified atom stereocenters. The predicted octanol–water partition coefficient (Wildman–Crippen LogP) is 4.38. The van der Waals surface area contributed by atoms with E-state index in [0.717, 1.165) is 38.5 Å². The van der Waals surface area contributed by atoms with E-state index in [-0.39, 0.29) is 15.6 Å². The van der Waals surface area contributed by atoms with E-state index < -0.39 is 17.7 Å². The summed E-state index contributed by atoms with van der Waals surface area (Å²) >= 11 is 3.13. The van der Waals surface area contributed by atoms with Crippen molar-refractivity contribution in [2.45, 2.75) is 50.1 Å². The van der Waals surface area contributed by atoms with Crippen molar-refractivity contribution in [1.82, 2.24) is 4.90 Å². The van der Waals surface area contributed by atoms with Crippen molar-refractivity contribution >= 4 is 15.9 Å². The molecule has 5 heteroatoms. The fourth-order valence-corrected chi connectivity index (χ4v) is 3.82. The van der Waals surface area contributed by atoms with Crippen LogP contribution < -0.4 is 5.73 Å². The van der Waals surface area contributed by atoms with Crippen LogP contribution in [0, 0.1) is 11.6 Å². The van der Waals surface area contributed by atoms with Gasteiger partial charge in [-0.2, -0.15) is 0 Å². The number of likely N-dealkylation sites (N-methyl/N-ethyl adjacent to an activating group) is 1. The highest BCUT2D eigenvalue weighted by atomic mass is 79.9. The van der Waals surface area contributed by atoms with Gasteiger partial charge in [0.25, 0.3) is 0 Å². The van der Waals surface area contributed by atoms with E-state index in [1.807, 2.05) is 14.1 Å². The second-order valence-electron chi connectivity index (χ2n) is 6.15. The molecule has 1 aromatic rings. The van der Waals surface area contributed by atoms with Crippen LogP contribution in [0.1, 0.15) is 50.1 Å². The molecule has 0 aliphatic heterocycles. The van der Waals surface area contributed by atoms with Crippen molar-refractivity contribution in [3.8, 4) is 0 Å². The first kappa shape index (κ1) is 16.8. The van der Waals surface area contributed by atoms with Gasteiger partial charge in [0.05, 0.1) is 10.5 Å². The molecule has 118 valence electrons. The Bertz CT molecular complexity index is 497. The first-order chi connectivity index (χ1) is 9.90. The van der Waals surface area contributed by atoms with Crippen molar-refractivity contribution in [2.75, 3.05) is 14.1 Å². The van der Waals surface area contributed by atoms with Crippen LogP contribution in [-0.2, 0) is 0 Å². The van der Waals surface area contributed by atoms with E-state index in [4.69, 9.17) is 5.73 Å². The van der Waals surface area contributed by atoms with E-state index in [0.29, 0.717) is 0 Å². The van der Waals surface area contributed by atoms with E-state index in [9.17, 15) is 8.78 Å². The van der Waals surface area contributed by atoms with Crippen LogP contribution in [0.15, 0.2) is 16.6 Å². The highest BCUT2D eigenvalue weighted by molar-refractivity contribution is 9.10. The molecule has 1 atom stereocenters. The Morgan fingerprint density at radius 3 is 2.24 bits per heavy atom. The van der Waals surface area contributed by atoms with Gasteiger partial charge in [-0.1, -0.05) is 25.7 Å². The van der Waals surface area contributed by atoms with Crippen molar-refractivity contribution in [2.24, 2.45) is 5.73 Å². The molecule has 0 saturated heterocycles. The Morgan fingerprint density at radius 2 is 1.71 bits per heavy atom. The number of nitrogens with zero attached hydrogens (tertiary/aromatic N) is 1. The van der Waals surface area contributed by atoms with Crippen LogP contribution in [0.4, 0.5) is 8.78 Å². The first-order valence-electron chi connectivity index (χ1n) is 7.46. The molecular formula is C16H23BrF2N2. The highest BCUT2D eigenvalue weighted by Gasteiger charge is 2.42. The van der Waals surface area contributed by atoms with Crippen LogP contribution in [0.5, 0.6) is 0 Å². The second kappa shape index (κ2) is 6.71. The van der Waals surface area contributed by atoms with Crippen molar-refractivity contribution in [3.05, 3.63) is 33.8 Å². The summed E-state index contributed by atoms with van der Waals surface area (Å²) in [5.41, 5.74) is 6.01. The molecule has 0 heterocycles. The number of halogens is 3. The molecule has 1 aromatic carbocycles. The fraction of sp³-hybridized carbons (Fsp3) is 0.625. The molecule has 1 aliphatic carbocycles. The maximum Gasteiger partial charge on any atom is 0.145 e. The first-order valence-corrected chi connectivity index (χ1v) is 8.26. The molecule has 2 rings (SSSR count). The number of hydrogen-bond acceptors (Lipinski definition) is 2. The van der Waals surface area contributed by atoms with Crippen molar-refractivity contribution in [1.29, 1.82) is 0 Å². The summed E-state index contributed by atoms with van der Waals surface area (Å²) in [5, 5.41) is 0. The molecule has 0 radical (unpaired) electrons. The van der Waals surface area contributed by atoms with Crippen LogP contribution in [-0.4, -0.2) is 24.5 Å². The summed E-state index contributed by atoms with van der Waals surface area (Å²) in [6.07, 6.45) is 6.14. The molecule has 0 aromatic heterocycles. The summed E-state index contributed by atoms with van der Waals surface area (Å²) in [4.78, 5) is 2.06. The van der Waals surface area contributed by atoms with Gasteiger partial charge in [-0.15, -0.1) is 0 Å². The van der Waals surface area contributed by atoms with Gasteiger partial charge in [-0.3, -0.25) is 0 Å². The maximum atomic E-state index is 14.4. The van der Waals surface area contributed by atoms with Gasteiger partial charge in [0.15, 0.2) is 0 Å². The average Bonchev–Trinajstić information content (AvgIpc) is 2.70. The summed E-state index contributed by atoms with van der Waals surface area (Å²) in [7, 11) is 3.91. The Morgan fingerprint density at radius 1 is 1.14 bits per heavy atom. The molecule has 2 N–H and O–H groups in total. The molecule has 0 spiro atoms. The fourth-order valence-electron chi connectivity index (χ4n) is 3.47. The summed E-state index contributed by atoms with van der Waals surface area (Å²) in [6, 6.07) is 1.99. The number of rotatable bonds is 3. The lowest BCUT2D eigenvalue weighted by molar-refractivity contribution is 0.0937. The summed E-state index contributed by atoms with van der Waals surface area (Å²) in [5.74, 6) is -1.14. The normalized spacial score (nSPS) is 20.3. The molecule has 1 aliphatic rings. The quantitative estimate of drug-likeness (QED) is 0.640. The lowest BCUT2D eigenvalue weighted by Gasteiger charge is -2.44. The number of benzene rings is 1. The van der Waals surface area contributed by atoms with Crippen LogP contribution in [0.3, 0.4) is 0 Å². The largest absolute Gasteiger partial charge is 0.322 e. The molecule has 21 heavy (non-hydrogen) atoms. The Hall–Kier alpha value is -0.520. The minimum atomic E-state index is -0.678. The third kappa shape index (κ3) is 3.15. The maximum absolute atomic E-state index is 14.4. The molecule has 2 nitrogen and oxygen atoms in total. The molecule has 0 bridgehead atoms. The molecular weight excluding hydrogens is 338 g/mol. The van der Waals surface area contributed by atoms with Crippen LogP contribution in [0.25, 0.3) is 0 Å². The zero-order valence-corrected chi connectivity index (χ0v) is 14.2. The minimum Gasteiger partial charge on any atom is -0.322 e. The molecule has 1 saturated carbocycles. The van der Waals surface area contributed by atoms with E-state index in [1.165, 1.54) is 12.1 Å². The predicted molar refractivity (Wildman–Crippen MR) is 85.1 cm³/mol. The van der Waals surface area contributed by atoms with Gasteiger partial charge in [0.2, 0.25) is 0 Å². The standard InChI is InChI=1S/C16H23BrF2N2/c1-21(2)16(9-5-3-4-6-10-16)15(20)13-12(18)8-7-11(17)14(13)19/h7-8,15H,3-6,9-10,20H2,1-2H3. The van der Waals surface area contributed by atoms with Crippen LogP contribution in [0.2, 0.25) is 0 Å². The third-order valence-electron chi connectivity index (χ3n) is 4.83. The van der Waals surface area contributed by atoms with Gasteiger partial charge in [-0.25, -0.2) is 8.78 Å². The summed E-state index contributed by atoms with van der Waals surface area (Å²) < 4.78 is 28.9. The summed E-state index contributed by atoms with van der Waals surface area (Å²) in [6.45, 7) is 0. The minimum absolute atomic E-state index is 0.0000231. The lowest BCUT2D eigenvalue weighted by atomic mass is 9.78. The zero-order chi connectivity index (χ0) is 15.6. The SMILES string of the molecule is CN(C)C1(C(N)c2c(F)ccc(Br)c2F)CCCCCC1. The Balaban J connectivity index is 2.48. The molecule has 1 fully saturated rings. The van der Waals surface area contributed by atoms with Gasteiger partial charge in [0.1, 0.15) is 11.6 Å². The van der Waals surface area contributed by atoms with Gasteiger partial charge in [-0.05, 0) is 55.0 Å². The highest BCUT2D eigenvalue weighted by Crippen LogP contribution is 2.41. The van der Waals surface area contributed by atoms with Gasteiger partial charge < -0.3 is 10.6 Å². The smallest absolute Gasteiger partial charge is 0.145 e. The number of hydrogen-bond donors (Lipinski definition) is 1. The van der Waals surface area contributed by atoms with Crippen LogP contribution >= 0.6 is 15.9 Å². The Kier molecular flexibility index (Phi) is 5.38. The van der Waals surface area contributed by atoms with Gasteiger partial charge >= 0.3 is 0 Å². The topological polar surface area (TPSA) is 29.3 Å². The monoisotopic (exact) mass is 360 g/mol. The lowest BCUT2D eigenvalue weighted by Crippen LogP contribution is -2.52. The van der Waals surface area contributed by atoms with Crippen molar-refractivity contribution < 1.29 is 8.78 Å². The van der Waals surface area contributed by atoms with E-state index in [1.54, 1.807) is 0 Å². The number of nitrogens with two attached hydrogens (primary N) is 1. The Labute approximate surface area is 133 Å². The van der Waals surface area contributed by atoms with Gasteiger partial charge in [0, 0.05) is 11.1 Å². The molecule has 0 amide bonds. The second-order valence-corrected chi connectivity index (χ2v) is 7.00. The third-order valence-corrected chi connectivity index (χ3v) is 5.44. The zero-order valence-electron chi connectivity index (χ0n) is 12.6. The average molecular weight is 361 g/mol.